The van der Waals surface area contributed by atoms with E-state index in [-0.39, 0.29) is 41.8 Å². The van der Waals surface area contributed by atoms with Gasteiger partial charge in [-0.25, -0.2) is 14.6 Å². The van der Waals surface area contributed by atoms with Gasteiger partial charge in [-0.05, 0) is 102 Å². The van der Waals surface area contributed by atoms with Gasteiger partial charge in [-0.1, -0.05) is 81.1 Å². The van der Waals surface area contributed by atoms with Crippen molar-refractivity contribution in [3.8, 4) is 39.3 Å². The van der Waals surface area contributed by atoms with E-state index in [0.717, 1.165) is 76.9 Å². The summed E-state index contributed by atoms with van der Waals surface area (Å²) >= 11 is 0. The molecule has 6 atom stereocenters. The molecule has 6 N–H and O–H groups in total. The number of hydrogen-bond acceptors (Lipinski definition) is 10. The number of aromatic amines is 1. The van der Waals surface area contributed by atoms with Gasteiger partial charge in [-0.15, -0.1) is 0 Å². The topological polar surface area (TPSA) is 193 Å². The van der Waals surface area contributed by atoms with Crippen LogP contribution in [-0.2, 0) is 25.7 Å². The highest BCUT2D eigenvalue weighted by molar-refractivity contribution is 5.89. The second-order valence-electron chi connectivity index (χ2n) is 18.0. The zero-order chi connectivity index (χ0) is 46.2. The fourth-order valence-corrected chi connectivity index (χ4v) is 10.3. The number of nitrogen functional groups attached to an aromatic ring is 1. The zero-order valence-electron chi connectivity index (χ0n) is 37.6. The van der Waals surface area contributed by atoms with E-state index in [1.54, 1.807) is 11.1 Å². The summed E-state index contributed by atoms with van der Waals surface area (Å²) in [6.07, 6.45) is 4.81. The largest absolute Gasteiger partial charge is 0.488 e. The van der Waals surface area contributed by atoms with Crippen LogP contribution in [0.25, 0.3) is 33.5 Å². The van der Waals surface area contributed by atoms with Crippen LogP contribution >= 0.6 is 0 Å². The van der Waals surface area contributed by atoms with Crippen molar-refractivity contribution in [2.45, 2.75) is 82.8 Å². The lowest BCUT2D eigenvalue weighted by atomic mass is 9.92. The molecule has 2 saturated heterocycles. The Kier molecular flexibility index (Phi) is 12.2. The number of fused-ring (bicyclic) bond motifs is 5. The summed E-state index contributed by atoms with van der Waals surface area (Å²) in [5, 5.41) is 8.97. The van der Waals surface area contributed by atoms with Crippen LogP contribution in [0.3, 0.4) is 0 Å². The smallest absolute Gasteiger partial charge is 0.407 e. The number of hydrogen-bond donors (Lipinski definition) is 5. The maximum atomic E-state index is 14.4. The zero-order valence-corrected chi connectivity index (χ0v) is 37.6. The minimum Gasteiger partial charge on any atom is -0.488 e. The number of carbonyl (C=O) groups excluding carboxylic acids is 4. The van der Waals surface area contributed by atoms with Gasteiger partial charge in [0.05, 0.1) is 49.6 Å². The molecule has 3 fully saturated rings. The van der Waals surface area contributed by atoms with E-state index in [1.165, 1.54) is 14.2 Å². The Morgan fingerprint density at radius 1 is 0.864 bits per heavy atom. The van der Waals surface area contributed by atoms with Crippen LogP contribution in [0.4, 0.5) is 21.0 Å². The monoisotopic (exact) mass is 892 g/mol. The van der Waals surface area contributed by atoms with E-state index < -0.39 is 24.3 Å². The first-order valence-electron chi connectivity index (χ1n) is 22.6. The van der Waals surface area contributed by atoms with E-state index in [4.69, 9.17) is 24.9 Å². The Labute approximate surface area is 384 Å². The molecule has 4 aromatic carbocycles. The third-order valence-corrected chi connectivity index (χ3v) is 13.6. The summed E-state index contributed by atoms with van der Waals surface area (Å²) in [5.74, 6) is 1.21. The van der Waals surface area contributed by atoms with Crippen molar-refractivity contribution in [1.29, 1.82) is 0 Å². The summed E-state index contributed by atoms with van der Waals surface area (Å²) in [5.41, 5.74) is 15.9. The molecule has 0 spiro atoms. The molecule has 0 radical (unpaired) electrons. The first-order valence-corrected chi connectivity index (χ1v) is 22.6. The predicted molar refractivity (Wildman–Crippen MR) is 251 cm³/mol. The van der Waals surface area contributed by atoms with Gasteiger partial charge in [0.15, 0.2) is 0 Å². The molecular formula is C51H56N8O7. The number of alkyl carbamates (subject to hydrolysis) is 2. The molecule has 5 aromatic rings. The van der Waals surface area contributed by atoms with E-state index in [0.29, 0.717) is 41.6 Å². The molecule has 2 bridgehead atoms. The maximum absolute atomic E-state index is 14.4. The SMILES string of the molecule is C=C(Nc1cc(-c2ccc3c(c2)OCc2cc(-c4cnc(C5CCCN5C(=O)[C@@H](NC(=O)OC)C(C)C)[nH]4)ccc2-3)ccc1N)[C@@H]1[C@H]2CC[C@H](C2)N1C(=O)[C@H](NC(=O)OC)c1ccccc1. The van der Waals surface area contributed by atoms with Crippen molar-refractivity contribution in [2.24, 2.45) is 11.8 Å². The van der Waals surface area contributed by atoms with E-state index in [2.05, 4.69) is 57.8 Å². The molecule has 15 nitrogen and oxygen atoms in total. The van der Waals surface area contributed by atoms with Crippen molar-refractivity contribution < 1.29 is 33.4 Å². The molecular weight excluding hydrogens is 837 g/mol. The second kappa shape index (κ2) is 18.3. The first kappa shape index (κ1) is 43.9. The molecule has 1 saturated carbocycles. The number of methoxy groups -OCH3 is 2. The summed E-state index contributed by atoms with van der Waals surface area (Å²) in [4.78, 5) is 64.5. The summed E-state index contributed by atoms with van der Waals surface area (Å²) in [7, 11) is 2.57. The number of imidazole rings is 1. The number of rotatable bonds is 12. The van der Waals surface area contributed by atoms with Crippen LogP contribution in [0, 0.1) is 11.8 Å². The second-order valence-corrected chi connectivity index (χ2v) is 18.0. The number of likely N-dealkylation sites (tertiary alicyclic amines) is 2. The summed E-state index contributed by atoms with van der Waals surface area (Å²) < 4.78 is 16.1. The molecule has 15 heteroatoms. The number of benzene rings is 4. The number of ether oxygens (including phenoxy) is 3. The average Bonchev–Trinajstić information content (AvgIpc) is 4.18. The molecule has 4 heterocycles. The summed E-state index contributed by atoms with van der Waals surface area (Å²) in [6.45, 7) is 9.22. The molecule has 1 aliphatic carbocycles. The first-order chi connectivity index (χ1) is 31.9. The van der Waals surface area contributed by atoms with Crippen LogP contribution in [0.2, 0.25) is 0 Å². The number of piperidine rings is 1. The quantitative estimate of drug-likeness (QED) is 0.0761. The molecule has 3 aliphatic heterocycles. The Balaban J connectivity index is 0.903. The van der Waals surface area contributed by atoms with Crippen LogP contribution in [0.5, 0.6) is 5.75 Å². The number of carbonyl (C=O) groups is 4. The normalized spacial score (nSPS) is 20.1. The number of H-pyrrole nitrogens is 1. The molecule has 66 heavy (non-hydrogen) atoms. The molecule has 1 unspecified atom stereocenters. The third kappa shape index (κ3) is 8.40. The van der Waals surface area contributed by atoms with Gasteiger partial charge < -0.3 is 50.7 Å². The molecule has 9 rings (SSSR count). The minimum absolute atomic E-state index is 0.0282. The highest BCUT2D eigenvalue weighted by Gasteiger charge is 2.51. The Bertz CT molecular complexity index is 2680. The van der Waals surface area contributed by atoms with Gasteiger partial charge in [0.1, 0.15) is 30.3 Å². The van der Waals surface area contributed by atoms with Crippen molar-refractivity contribution in [1.82, 2.24) is 30.4 Å². The lowest BCUT2D eigenvalue weighted by Crippen LogP contribution is -2.51. The van der Waals surface area contributed by atoms with E-state index >= 15 is 0 Å². The molecule has 342 valence electrons. The number of amides is 4. The lowest BCUT2D eigenvalue weighted by molar-refractivity contribution is -0.137. The van der Waals surface area contributed by atoms with Gasteiger partial charge >= 0.3 is 12.2 Å². The third-order valence-electron chi connectivity index (χ3n) is 13.6. The summed E-state index contributed by atoms with van der Waals surface area (Å²) in [6, 6.07) is 25.4. The number of anilines is 2. The van der Waals surface area contributed by atoms with Crippen molar-refractivity contribution in [3.05, 3.63) is 120 Å². The Hall–Kier alpha value is -7.29. The van der Waals surface area contributed by atoms with Crippen molar-refractivity contribution in [2.75, 3.05) is 31.8 Å². The average molecular weight is 893 g/mol. The highest BCUT2D eigenvalue weighted by atomic mass is 16.5. The number of nitrogens with zero attached hydrogens (tertiary/aromatic N) is 3. The van der Waals surface area contributed by atoms with Crippen LogP contribution in [0.1, 0.15) is 75.0 Å². The molecule has 4 aliphatic rings. The maximum Gasteiger partial charge on any atom is 0.407 e. The fraction of sp³-hybridized carbons (Fsp3) is 0.353. The van der Waals surface area contributed by atoms with Crippen LogP contribution in [0.15, 0.2) is 103 Å². The van der Waals surface area contributed by atoms with Gasteiger partial charge in [-0.3, -0.25) is 9.59 Å². The molecule has 4 amide bonds. The number of aromatic nitrogens is 2. The highest BCUT2D eigenvalue weighted by Crippen LogP contribution is 2.47. The Morgan fingerprint density at radius 2 is 1.59 bits per heavy atom. The lowest BCUT2D eigenvalue weighted by Gasteiger charge is -2.39. The van der Waals surface area contributed by atoms with Crippen molar-refractivity contribution >= 4 is 35.4 Å². The van der Waals surface area contributed by atoms with Gasteiger partial charge in [0.2, 0.25) is 5.91 Å². The molecule has 1 aromatic heterocycles. The van der Waals surface area contributed by atoms with E-state index in [9.17, 15) is 19.2 Å². The predicted octanol–water partition coefficient (Wildman–Crippen LogP) is 8.33. The van der Waals surface area contributed by atoms with E-state index in [1.807, 2.05) is 73.3 Å². The van der Waals surface area contributed by atoms with Crippen LogP contribution in [-0.4, -0.2) is 82.7 Å². The number of nitrogens with two attached hydrogens (primary N) is 1. The van der Waals surface area contributed by atoms with Crippen LogP contribution < -0.4 is 26.4 Å². The minimum atomic E-state index is -0.914. The number of nitrogens with one attached hydrogen (secondary N) is 4. The van der Waals surface area contributed by atoms with Gasteiger partial charge in [0.25, 0.3) is 5.91 Å². The Morgan fingerprint density at radius 3 is 2.36 bits per heavy atom. The van der Waals surface area contributed by atoms with Crippen molar-refractivity contribution in [3.63, 3.8) is 0 Å². The van der Waals surface area contributed by atoms with Gasteiger partial charge in [0, 0.05) is 23.8 Å². The standard InChI is InChI=1S/C51H56N8O7/c1-28(2)44(56-50(62)64-4)48(60)58-21-9-12-42(58)47-53-26-41(55-47)33-15-18-37-35(22-33)27-66-43-25-32(14-19-38(37)43)31-16-20-39(52)40(24-31)54-29(3)46-34-13-17-36(23-34)59(46)49(61)45(57-51(63)65-5)30-10-7-6-8-11-30/h6-8,10-11,14-16,18-20,22,24-26,28,34,36,42,44-46,54H,3,9,12-13,17,21,23,27,52H2,1-2,4-5H3,(H,53,55)(H,56,62)(H,57,63)/t34-,36+,42?,44-,45+,46+/m0/s1. The fourth-order valence-electron chi connectivity index (χ4n) is 10.3. The van der Waals surface area contributed by atoms with Gasteiger partial charge in [-0.2, -0.15) is 0 Å².